The molecule has 5 heteroatoms. The third-order valence-corrected chi connectivity index (χ3v) is 8.33. The molecule has 2 heterocycles. The molecule has 0 saturated heterocycles. The van der Waals surface area contributed by atoms with Crippen LogP contribution in [0.25, 0.3) is 89.0 Å². The number of hydrogen-bond donors (Lipinski definition) is 0. The van der Waals surface area contributed by atoms with Gasteiger partial charge in [-0.25, -0.2) is 19.9 Å². The van der Waals surface area contributed by atoms with Gasteiger partial charge >= 0.3 is 0 Å². The van der Waals surface area contributed by atoms with Crippen LogP contribution in [0, 0.1) is 0 Å². The molecule has 0 atom stereocenters. The van der Waals surface area contributed by atoms with Gasteiger partial charge in [-0.05, 0) is 51.2 Å². The third-order valence-electron chi connectivity index (χ3n) is 8.33. The molecule has 5 nitrogen and oxygen atoms in total. The Balaban J connectivity index is 1.26. The van der Waals surface area contributed by atoms with Crippen LogP contribution in [0.3, 0.4) is 0 Å². The van der Waals surface area contributed by atoms with Crippen LogP contribution in [0.15, 0.2) is 150 Å². The summed E-state index contributed by atoms with van der Waals surface area (Å²) in [6.07, 6.45) is 0. The van der Waals surface area contributed by atoms with E-state index in [1.165, 1.54) is 0 Å². The quantitative estimate of drug-likeness (QED) is 0.195. The minimum absolute atomic E-state index is 0.622. The average molecular weight is 577 g/mol. The maximum Gasteiger partial charge on any atom is 0.227 e. The first-order chi connectivity index (χ1) is 22.3. The van der Waals surface area contributed by atoms with Crippen LogP contribution < -0.4 is 0 Å². The topological polar surface area (TPSA) is 64.7 Å². The molecule has 0 bridgehead atoms. The minimum Gasteiger partial charge on any atom is -0.436 e. The molecule has 0 aliphatic carbocycles. The maximum absolute atomic E-state index is 6.24. The summed E-state index contributed by atoms with van der Waals surface area (Å²) in [7, 11) is 0. The lowest BCUT2D eigenvalue weighted by Gasteiger charge is -2.11. The Hall–Kier alpha value is -6.20. The Kier molecular flexibility index (Phi) is 5.74. The summed E-state index contributed by atoms with van der Waals surface area (Å²) in [5.74, 6) is 2.54. The molecule has 0 amide bonds. The molecule has 9 rings (SSSR count). The SMILES string of the molecule is c1ccc(-c2nc(-c3ccccc3)nc(-c3ccc4ccc5c(ccc6ccc7oc(-c8ccccc8)nc7c65)c4c3)n2)cc1. The van der Waals surface area contributed by atoms with Crippen LogP contribution in [-0.4, -0.2) is 19.9 Å². The molecule has 2 aromatic heterocycles. The molecular formula is C40H24N4O. The van der Waals surface area contributed by atoms with E-state index < -0.39 is 0 Å². The maximum atomic E-state index is 6.24. The van der Waals surface area contributed by atoms with Gasteiger partial charge in [0.05, 0.1) is 0 Å². The van der Waals surface area contributed by atoms with E-state index in [1.807, 2.05) is 97.1 Å². The first kappa shape index (κ1) is 25.3. The normalized spacial score (nSPS) is 11.6. The van der Waals surface area contributed by atoms with E-state index in [1.54, 1.807) is 0 Å². The molecule has 0 radical (unpaired) electrons. The Morgan fingerprint density at radius 3 is 1.58 bits per heavy atom. The van der Waals surface area contributed by atoms with E-state index in [0.29, 0.717) is 23.4 Å². The fraction of sp³-hybridized carbons (Fsp3) is 0. The summed E-state index contributed by atoms with van der Waals surface area (Å²) in [6.45, 7) is 0. The van der Waals surface area contributed by atoms with Crippen LogP contribution >= 0.6 is 0 Å². The first-order valence-electron chi connectivity index (χ1n) is 14.9. The van der Waals surface area contributed by atoms with Crippen molar-refractivity contribution in [3.63, 3.8) is 0 Å². The van der Waals surface area contributed by atoms with Gasteiger partial charge in [0.15, 0.2) is 23.1 Å². The number of oxazole rings is 1. The van der Waals surface area contributed by atoms with Crippen molar-refractivity contribution in [2.24, 2.45) is 0 Å². The second kappa shape index (κ2) is 10.2. The van der Waals surface area contributed by atoms with Crippen molar-refractivity contribution < 1.29 is 4.42 Å². The largest absolute Gasteiger partial charge is 0.436 e. The summed E-state index contributed by atoms with van der Waals surface area (Å²) in [4.78, 5) is 19.8. The molecule has 0 fully saturated rings. The lowest BCUT2D eigenvalue weighted by molar-refractivity contribution is 0.620. The van der Waals surface area contributed by atoms with Crippen molar-refractivity contribution in [3.8, 4) is 45.6 Å². The van der Waals surface area contributed by atoms with E-state index in [0.717, 1.165) is 65.7 Å². The highest BCUT2D eigenvalue weighted by molar-refractivity contribution is 6.23. The average Bonchev–Trinajstić information content (AvgIpc) is 3.57. The summed E-state index contributed by atoms with van der Waals surface area (Å²) >= 11 is 0. The Bertz CT molecular complexity index is 2470. The summed E-state index contributed by atoms with van der Waals surface area (Å²) in [5.41, 5.74) is 5.42. The van der Waals surface area contributed by atoms with Crippen LogP contribution in [0.2, 0.25) is 0 Å². The first-order valence-corrected chi connectivity index (χ1v) is 14.9. The van der Waals surface area contributed by atoms with Gasteiger partial charge < -0.3 is 4.42 Å². The molecule has 9 aromatic rings. The second-order valence-electron chi connectivity index (χ2n) is 11.1. The standard InChI is InChI=1S/C40H24N4O/c1-4-10-27(11-5-1)37-42-38(28-12-6-2-7-13-28)44-39(43-37)30-17-16-25-18-22-32-31(33(25)24-30)21-19-26-20-23-34-36(35(26)32)41-40(45-34)29-14-8-3-9-15-29/h1-24H. The zero-order chi connectivity index (χ0) is 29.7. The summed E-state index contributed by atoms with van der Waals surface area (Å²) < 4.78 is 6.24. The zero-order valence-electron chi connectivity index (χ0n) is 24.1. The smallest absolute Gasteiger partial charge is 0.227 e. The van der Waals surface area contributed by atoms with Crippen molar-refractivity contribution in [1.29, 1.82) is 0 Å². The molecule has 0 saturated carbocycles. The van der Waals surface area contributed by atoms with Crippen LogP contribution in [0.4, 0.5) is 0 Å². The third kappa shape index (κ3) is 4.33. The number of benzene rings is 7. The van der Waals surface area contributed by atoms with Crippen molar-refractivity contribution in [2.45, 2.75) is 0 Å². The molecular weight excluding hydrogens is 552 g/mol. The molecule has 0 spiro atoms. The van der Waals surface area contributed by atoms with Gasteiger partial charge in [0, 0.05) is 27.6 Å². The molecule has 0 aliphatic rings. The van der Waals surface area contributed by atoms with Gasteiger partial charge in [0.25, 0.3) is 0 Å². The van der Waals surface area contributed by atoms with E-state index >= 15 is 0 Å². The number of aromatic nitrogens is 4. The van der Waals surface area contributed by atoms with Gasteiger partial charge in [-0.1, -0.05) is 121 Å². The molecule has 0 N–H and O–H groups in total. The molecule has 210 valence electrons. The summed E-state index contributed by atoms with van der Waals surface area (Å²) in [5, 5.41) is 6.74. The highest BCUT2D eigenvalue weighted by atomic mass is 16.3. The minimum atomic E-state index is 0.622. The van der Waals surface area contributed by atoms with Crippen molar-refractivity contribution in [1.82, 2.24) is 19.9 Å². The van der Waals surface area contributed by atoms with Gasteiger partial charge in [0.1, 0.15) is 5.52 Å². The Morgan fingerprint density at radius 1 is 0.378 bits per heavy atom. The number of nitrogens with zero attached hydrogens (tertiary/aromatic N) is 4. The van der Waals surface area contributed by atoms with Gasteiger partial charge in [-0.15, -0.1) is 0 Å². The second-order valence-corrected chi connectivity index (χ2v) is 11.1. The fourth-order valence-corrected chi connectivity index (χ4v) is 6.13. The molecule has 7 aromatic carbocycles. The van der Waals surface area contributed by atoms with Crippen molar-refractivity contribution in [2.75, 3.05) is 0 Å². The van der Waals surface area contributed by atoms with E-state index in [2.05, 4.69) is 48.5 Å². The highest BCUT2D eigenvalue weighted by Gasteiger charge is 2.16. The predicted octanol–water partition coefficient (Wildman–Crippen LogP) is 10.1. The van der Waals surface area contributed by atoms with Crippen molar-refractivity contribution >= 4 is 43.4 Å². The molecule has 0 aliphatic heterocycles. The lowest BCUT2D eigenvalue weighted by Crippen LogP contribution is -2.00. The zero-order valence-corrected chi connectivity index (χ0v) is 24.1. The predicted molar refractivity (Wildman–Crippen MR) is 182 cm³/mol. The monoisotopic (exact) mass is 576 g/mol. The van der Waals surface area contributed by atoms with Crippen LogP contribution in [-0.2, 0) is 0 Å². The van der Waals surface area contributed by atoms with Gasteiger partial charge in [0.2, 0.25) is 5.89 Å². The highest BCUT2D eigenvalue weighted by Crippen LogP contribution is 2.38. The van der Waals surface area contributed by atoms with Crippen LogP contribution in [0.5, 0.6) is 0 Å². The van der Waals surface area contributed by atoms with Gasteiger partial charge in [-0.2, -0.15) is 0 Å². The van der Waals surface area contributed by atoms with E-state index in [4.69, 9.17) is 24.4 Å². The number of hydrogen-bond acceptors (Lipinski definition) is 5. The number of fused-ring (bicyclic) bond motifs is 7. The number of rotatable bonds is 4. The van der Waals surface area contributed by atoms with Gasteiger partial charge in [-0.3, -0.25) is 0 Å². The lowest BCUT2D eigenvalue weighted by atomic mass is 9.95. The van der Waals surface area contributed by atoms with E-state index in [9.17, 15) is 0 Å². The fourth-order valence-electron chi connectivity index (χ4n) is 6.13. The molecule has 45 heavy (non-hydrogen) atoms. The Labute approximate surface area is 258 Å². The van der Waals surface area contributed by atoms with E-state index in [-0.39, 0.29) is 0 Å². The van der Waals surface area contributed by atoms with Crippen LogP contribution in [0.1, 0.15) is 0 Å². The van der Waals surface area contributed by atoms with Crippen molar-refractivity contribution in [3.05, 3.63) is 146 Å². The summed E-state index contributed by atoms with van der Waals surface area (Å²) in [6, 6.07) is 49.5. The molecule has 0 unspecified atom stereocenters. The Morgan fingerprint density at radius 2 is 0.911 bits per heavy atom.